The van der Waals surface area contributed by atoms with E-state index in [2.05, 4.69) is 15.0 Å². The molecule has 1 aromatic rings. The first-order valence-electron chi connectivity index (χ1n) is 6.65. The first kappa shape index (κ1) is 13.9. The van der Waals surface area contributed by atoms with Crippen molar-refractivity contribution in [2.24, 2.45) is 5.11 Å². The zero-order chi connectivity index (χ0) is 15.3. The number of rotatable bonds is 3. The highest BCUT2D eigenvalue weighted by molar-refractivity contribution is 5.13. The third kappa shape index (κ3) is 1.82. The van der Waals surface area contributed by atoms with Crippen molar-refractivity contribution in [3.05, 3.63) is 43.0 Å². The average molecular weight is 293 g/mol. The number of hydrogen-bond donors (Lipinski definition) is 2. The van der Waals surface area contributed by atoms with Crippen LogP contribution in [0.1, 0.15) is 24.8 Å². The molecular formula is C12H15N5O4. The Bertz CT molecular complexity index is 749. The Hall–Kier alpha value is -2.09. The van der Waals surface area contributed by atoms with Gasteiger partial charge in [0.1, 0.15) is 11.3 Å². The van der Waals surface area contributed by atoms with Crippen molar-refractivity contribution in [3.8, 4) is 0 Å². The maximum Gasteiger partial charge on any atom is 0.330 e. The lowest BCUT2D eigenvalue weighted by Crippen LogP contribution is -2.43. The molecule has 0 spiro atoms. The molecule has 0 radical (unpaired) electrons. The molecule has 1 aromatic heterocycles. The Morgan fingerprint density at radius 1 is 1.62 bits per heavy atom. The topological polar surface area (TPSA) is 133 Å². The second-order valence-electron chi connectivity index (χ2n) is 5.64. The summed E-state index contributed by atoms with van der Waals surface area (Å²) in [6.07, 6.45) is 2.74. The number of aromatic nitrogens is 2. The van der Waals surface area contributed by atoms with Gasteiger partial charge in [0.15, 0.2) is 0 Å². The number of aromatic amines is 1. The molecule has 2 N–H and O–H groups in total. The average Bonchev–Trinajstić information content (AvgIpc) is 2.98. The van der Waals surface area contributed by atoms with Gasteiger partial charge in [-0.05, 0) is 25.3 Å². The van der Waals surface area contributed by atoms with Crippen LogP contribution in [0.2, 0.25) is 0 Å². The summed E-state index contributed by atoms with van der Waals surface area (Å²) in [7, 11) is 0. The van der Waals surface area contributed by atoms with Crippen LogP contribution in [0.3, 0.4) is 0 Å². The van der Waals surface area contributed by atoms with Crippen molar-refractivity contribution >= 4 is 0 Å². The Labute approximate surface area is 118 Å². The lowest BCUT2D eigenvalue weighted by molar-refractivity contribution is -0.116. The van der Waals surface area contributed by atoms with E-state index >= 15 is 0 Å². The second kappa shape index (κ2) is 4.45. The van der Waals surface area contributed by atoms with Gasteiger partial charge in [0, 0.05) is 23.1 Å². The summed E-state index contributed by atoms with van der Waals surface area (Å²) in [5, 5.41) is 13.3. The van der Waals surface area contributed by atoms with Gasteiger partial charge >= 0.3 is 5.69 Å². The zero-order valence-electron chi connectivity index (χ0n) is 11.4. The second-order valence-corrected chi connectivity index (χ2v) is 5.64. The van der Waals surface area contributed by atoms with Crippen molar-refractivity contribution in [1.82, 2.24) is 9.55 Å². The molecule has 3 heterocycles. The summed E-state index contributed by atoms with van der Waals surface area (Å²) in [4.78, 5) is 28.6. The molecule has 21 heavy (non-hydrogen) atoms. The van der Waals surface area contributed by atoms with Gasteiger partial charge in [-0.15, -0.1) is 0 Å². The summed E-state index contributed by atoms with van der Waals surface area (Å²) in [5.74, 6) is 0. The number of ether oxygens (including phenoxy) is 1. The molecule has 2 aliphatic heterocycles. The van der Waals surface area contributed by atoms with Gasteiger partial charge in [0.2, 0.25) is 0 Å². The highest BCUT2D eigenvalue weighted by Crippen LogP contribution is 2.54. The fourth-order valence-electron chi connectivity index (χ4n) is 3.32. The fourth-order valence-corrected chi connectivity index (χ4v) is 3.32. The highest BCUT2D eigenvalue weighted by Gasteiger charge is 2.62. The van der Waals surface area contributed by atoms with Crippen LogP contribution in [-0.4, -0.2) is 32.9 Å². The van der Waals surface area contributed by atoms with Crippen molar-refractivity contribution in [1.29, 1.82) is 0 Å². The van der Waals surface area contributed by atoms with E-state index in [4.69, 9.17) is 10.3 Å². The number of aryl methyl sites for hydroxylation is 1. The molecule has 3 rings (SSSR count). The third-order valence-electron chi connectivity index (χ3n) is 4.47. The maximum absolute atomic E-state index is 12.1. The lowest BCUT2D eigenvalue weighted by atomic mass is 9.82. The van der Waals surface area contributed by atoms with Crippen LogP contribution in [0, 0.1) is 6.92 Å². The number of aliphatic hydroxyl groups is 1. The Balaban J connectivity index is 2.12. The minimum absolute atomic E-state index is 0.282. The summed E-state index contributed by atoms with van der Waals surface area (Å²) in [6, 6.07) is -0.541. The Morgan fingerprint density at radius 2 is 2.38 bits per heavy atom. The molecule has 0 saturated carbocycles. The molecule has 3 atom stereocenters. The van der Waals surface area contributed by atoms with Gasteiger partial charge in [-0.25, -0.2) is 4.79 Å². The number of hydrogen-bond acceptors (Lipinski definition) is 5. The van der Waals surface area contributed by atoms with E-state index in [9.17, 15) is 14.7 Å². The number of H-pyrrole nitrogens is 1. The van der Waals surface area contributed by atoms with Gasteiger partial charge < -0.3 is 9.84 Å². The van der Waals surface area contributed by atoms with Crippen molar-refractivity contribution < 1.29 is 9.84 Å². The normalized spacial score (nSPS) is 33.9. The predicted octanol–water partition coefficient (Wildman–Crippen LogP) is 0.122. The van der Waals surface area contributed by atoms with Gasteiger partial charge in [0.25, 0.3) is 5.56 Å². The first-order valence-corrected chi connectivity index (χ1v) is 6.65. The van der Waals surface area contributed by atoms with E-state index in [0.717, 1.165) is 0 Å². The first-order chi connectivity index (χ1) is 9.96. The Morgan fingerprint density at radius 3 is 3.05 bits per heavy atom. The predicted molar refractivity (Wildman–Crippen MR) is 71.7 cm³/mol. The maximum atomic E-state index is 12.1. The van der Waals surface area contributed by atoms with E-state index < -0.39 is 28.6 Å². The summed E-state index contributed by atoms with van der Waals surface area (Å²) < 4.78 is 7.29. The van der Waals surface area contributed by atoms with E-state index in [1.54, 1.807) is 6.92 Å². The number of fused-ring (bicyclic) bond motifs is 2. The van der Waals surface area contributed by atoms with Gasteiger partial charge in [0.05, 0.1) is 12.6 Å². The van der Waals surface area contributed by atoms with Crippen molar-refractivity contribution in [3.63, 3.8) is 0 Å². The quantitative estimate of drug-likeness (QED) is 0.465. The smallest absolute Gasteiger partial charge is 0.330 e. The molecule has 9 heteroatoms. The molecule has 0 aliphatic carbocycles. The SMILES string of the molecule is Cc1cn(C23CCC(CO)(O2)C(N=[N+]=[N-])C3)c(=O)[nH]c1=O. The Kier molecular flexibility index (Phi) is 2.94. The molecule has 2 saturated heterocycles. The van der Waals surface area contributed by atoms with Crippen LogP contribution in [0.5, 0.6) is 0 Å². The number of azide groups is 1. The number of nitrogens with zero attached hydrogens (tertiary/aromatic N) is 4. The molecule has 2 bridgehead atoms. The van der Waals surface area contributed by atoms with Crippen LogP contribution in [-0.2, 0) is 10.5 Å². The molecule has 2 aliphatic rings. The molecule has 3 unspecified atom stereocenters. The number of aliphatic hydroxyl groups excluding tert-OH is 1. The van der Waals surface area contributed by atoms with E-state index in [0.29, 0.717) is 24.8 Å². The highest BCUT2D eigenvalue weighted by atomic mass is 16.6. The molecule has 2 fully saturated rings. The van der Waals surface area contributed by atoms with Crippen molar-refractivity contribution in [2.75, 3.05) is 6.61 Å². The molecule has 0 aromatic carbocycles. The molecule has 9 nitrogen and oxygen atoms in total. The monoisotopic (exact) mass is 293 g/mol. The van der Waals surface area contributed by atoms with Crippen molar-refractivity contribution in [2.45, 2.75) is 43.6 Å². The summed E-state index contributed by atoms with van der Waals surface area (Å²) >= 11 is 0. The van der Waals surface area contributed by atoms with Gasteiger partial charge in [-0.2, -0.15) is 0 Å². The molecular weight excluding hydrogens is 278 g/mol. The van der Waals surface area contributed by atoms with Crippen LogP contribution < -0.4 is 11.2 Å². The van der Waals surface area contributed by atoms with E-state index in [1.807, 2.05) is 0 Å². The van der Waals surface area contributed by atoms with Gasteiger partial charge in [-0.3, -0.25) is 14.3 Å². The largest absolute Gasteiger partial charge is 0.393 e. The third-order valence-corrected chi connectivity index (χ3v) is 4.47. The minimum atomic E-state index is -0.979. The molecule has 0 amide bonds. The van der Waals surface area contributed by atoms with Crippen LogP contribution in [0.4, 0.5) is 0 Å². The molecule has 112 valence electrons. The fraction of sp³-hybridized carbons (Fsp3) is 0.667. The summed E-state index contributed by atoms with van der Waals surface area (Å²) in [6.45, 7) is 1.31. The van der Waals surface area contributed by atoms with Crippen LogP contribution in [0.15, 0.2) is 20.9 Å². The standard InChI is InChI=1S/C12H15N5O4/c1-7-5-17(10(20)14-9(7)19)12-3-2-11(6-18,21-12)8(4-12)15-16-13/h5,8,18H,2-4,6H2,1H3,(H,14,19,20). The van der Waals surface area contributed by atoms with Gasteiger partial charge in [-0.1, -0.05) is 5.11 Å². The van der Waals surface area contributed by atoms with E-state index in [1.165, 1.54) is 10.8 Å². The summed E-state index contributed by atoms with van der Waals surface area (Å²) in [5.41, 5.74) is 6.11. The number of nitrogens with one attached hydrogen (secondary N) is 1. The van der Waals surface area contributed by atoms with E-state index in [-0.39, 0.29) is 6.61 Å². The van der Waals surface area contributed by atoms with Crippen LogP contribution >= 0.6 is 0 Å². The zero-order valence-corrected chi connectivity index (χ0v) is 11.4. The lowest BCUT2D eigenvalue weighted by Gasteiger charge is -2.28. The van der Waals surface area contributed by atoms with Crippen LogP contribution in [0.25, 0.3) is 10.4 Å². The minimum Gasteiger partial charge on any atom is -0.393 e.